The Hall–Kier alpha value is -2.84. The Morgan fingerprint density at radius 3 is 2.00 bits per heavy atom. The van der Waals surface area contributed by atoms with Crippen LogP contribution < -0.4 is 4.74 Å². The van der Waals surface area contributed by atoms with Gasteiger partial charge >= 0.3 is 0 Å². The smallest absolute Gasteiger partial charge is 0.200 e. The predicted octanol–water partition coefficient (Wildman–Crippen LogP) is 0.743. The third-order valence-electron chi connectivity index (χ3n) is 3.71. The van der Waals surface area contributed by atoms with E-state index in [0.717, 1.165) is 24.3 Å². The molecule has 8 nitrogen and oxygen atoms in total. The lowest BCUT2D eigenvalue weighted by Crippen LogP contribution is -2.34. The molecule has 0 saturated carbocycles. The second-order valence-corrected chi connectivity index (χ2v) is 5.26. The van der Waals surface area contributed by atoms with Crippen molar-refractivity contribution in [2.24, 2.45) is 0 Å². The van der Waals surface area contributed by atoms with Crippen LogP contribution in [0.3, 0.4) is 0 Å². The number of aliphatic hydroxyl groups excluding tert-OH is 2. The normalized spacial score (nSPS) is 23.1. The van der Waals surface area contributed by atoms with Gasteiger partial charge in [0.15, 0.2) is 23.4 Å². The van der Waals surface area contributed by atoms with Crippen LogP contribution in [0, 0.1) is 0 Å². The van der Waals surface area contributed by atoms with Crippen molar-refractivity contribution in [2.75, 3.05) is 0 Å². The number of phenolic OH excluding ortho intramolecular Hbond substituents is 5. The van der Waals surface area contributed by atoms with Crippen LogP contribution in [0.4, 0.5) is 0 Å². The Bertz CT molecular complexity index is 749. The first-order chi connectivity index (χ1) is 10.8. The van der Waals surface area contributed by atoms with E-state index in [1.807, 2.05) is 0 Å². The van der Waals surface area contributed by atoms with Crippen molar-refractivity contribution in [2.45, 2.75) is 18.3 Å². The lowest BCUT2D eigenvalue weighted by atomic mass is 9.91. The van der Waals surface area contributed by atoms with Gasteiger partial charge in [-0.25, -0.2) is 0 Å². The molecule has 1 aliphatic rings. The van der Waals surface area contributed by atoms with Gasteiger partial charge in [0, 0.05) is 17.7 Å². The van der Waals surface area contributed by atoms with Crippen molar-refractivity contribution in [3.63, 3.8) is 0 Å². The van der Waals surface area contributed by atoms with Gasteiger partial charge in [0.1, 0.15) is 29.5 Å². The Morgan fingerprint density at radius 1 is 0.783 bits per heavy atom. The maximum Gasteiger partial charge on any atom is 0.200 e. The average Bonchev–Trinajstić information content (AvgIpc) is 2.47. The summed E-state index contributed by atoms with van der Waals surface area (Å²) in [6, 6.07) is 4.26. The monoisotopic (exact) mass is 322 g/mol. The summed E-state index contributed by atoms with van der Waals surface area (Å²) >= 11 is 0. The molecule has 0 aromatic heterocycles. The van der Waals surface area contributed by atoms with E-state index in [1.54, 1.807) is 0 Å². The minimum Gasteiger partial charge on any atom is -0.508 e. The van der Waals surface area contributed by atoms with E-state index in [9.17, 15) is 35.7 Å². The molecule has 23 heavy (non-hydrogen) atoms. The van der Waals surface area contributed by atoms with Crippen molar-refractivity contribution < 1.29 is 40.5 Å². The van der Waals surface area contributed by atoms with E-state index in [2.05, 4.69) is 0 Å². The predicted molar refractivity (Wildman–Crippen MR) is 75.5 cm³/mol. The molecule has 0 bridgehead atoms. The fraction of sp³-hybridized carbons (Fsp3) is 0.200. The molecule has 2 aromatic carbocycles. The quantitative estimate of drug-likeness (QED) is 0.380. The Labute approximate surface area is 129 Å². The van der Waals surface area contributed by atoms with Crippen LogP contribution in [0.25, 0.3) is 0 Å². The molecule has 8 heteroatoms. The third-order valence-corrected chi connectivity index (χ3v) is 3.71. The van der Waals surface area contributed by atoms with Crippen molar-refractivity contribution >= 4 is 0 Å². The SMILES string of the molecule is Oc1cc(O)c2c(c1)O[C@H](c1cc(O)c(O)c(O)c1)[C@@H](O)[C@H]2O. The summed E-state index contributed by atoms with van der Waals surface area (Å²) in [7, 11) is 0. The van der Waals surface area contributed by atoms with Gasteiger partial charge in [-0.05, 0) is 12.1 Å². The molecule has 0 unspecified atom stereocenters. The molecule has 2 aromatic rings. The minimum absolute atomic E-state index is 0.0580. The molecule has 122 valence electrons. The summed E-state index contributed by atoms with van der Waals surface area (Å²) in [5.74, 6) is -2.79. The van der Waals surface area contributed by atoms with E-state index in [-0.39, 0.29) is 22.6 Å². The summed E-state index contributed by atoms with van der Waals surface area (Å²) in [6.07, 6.45) is -4.26. The van der Waals surface area contributed by atoms with Gasteiger partial charge in [-0.2, -0.15) is 0 Å². The summed E-state index contributed by atoms with van der Waals surface area (Å²) in [5, 5.41) is 68.2. The van der Waals surface area contributed by atoms with Crippen LogP contribution in [0.15, 0.2) is 24.3 Å². The first-order valence-corrected chi connectivity index (χ1v) is 6.63. The van der Waals surface area contributed by atoms with Crippen molar-refractivity contribution in [1.29, 1.82) is 0 Å². The van der Waals surface area contributed by atoms with Crippen molar-refractivity contribution in [3.05, 3.63) is 35.4 Å². The zero-order chi connectivity index (χ0) is 16.9. The Balaban J connectivity index is 2.09. The van der Waals surface area contributed by atoms with Gasteiger partial charge in [0.2, 0.25) is 0 Å². The fourth-order valence-corrected chi connectivity index (χ4v) is 2.59. The number of aromatic hydroxyl groups is 5. The molecule has 0 amide bonds. The largest absolute Gasteiger partial charge is 0.508 e. The van der Waals surface area contributed by atoms with Crippen LogP contribution in [-0.4, -0.2) is 41.8 Å². The zero-order valence-electron chi connectivity index (χ0n) is 11.6. The van der Waals surface area contributed by atoms with Gasteiger partial charge < -0.3 is 40.5 Å². The summed E-state index contributed by atoms with van der Waals surface area (Å²) in [5.41, 5.74) is -0.00314. The lowest BCUT2D eigenvalue weighted by Gasteiger charge is -2.34. The average molecular weight is 322 g/mol. The maximum atomic E-state index is 10.2. The number of rotatable bonds is 1. The third kappa shape index (κ3) is 2.33. The van der Waals surface area contributed by atoms with Crippen LogP contribution >= 0.6 is 0 Å². The highest BCUT2D eigenvalue weighted by molar-refractivity contribution is 5.55. The van der Waals surface area contributed by atoms with Crippen LogP contribution in [0.1, 0.15) is 23.3 Å². The molecule has 0 saturated heterocycles. The number of fused-ring (bicyclic) bond motifs is 1. The summed E-state index contributed by atoms with van der Waals surface area (Å²) < 4.78 is 5.48. The highest BCUT2D eigenvalue weighted by Gasteiger charge is 2.39. The van der Waals surface area contributed by atoms with E-state index < -0.39 is 41.3 Å². The Morgan fingerprint density at radius 2 is 1.39 bits per heavy atom. The molecule has 0 aliphatic carbocycles. The molecule has 1 aliphatic heterocycles. The lowest BCUT2D eigenvalue weighted by molar-refractivity contribution is -0.0711. The molecule has 0 radical (unpaired) electrons. The molecule has 3 atom stereocenters. The fourth-order valence-electron chi connectivity index (χ4n) is 2.59. The van der Waals surface area contributed by atoms with Crippen molar-refractivity contribution in [1.82, 2.24) is 0 Å². The maximum absolute atomic E-state index is 10.2. The van der Waals surface area contributed by atoms with Crippen LogP contribution in [0.2, 0.25) is 0 Å². The number of aliphatic hydroxyl groups is 2. The standard InChI is InChI=1S/C15H14O8/c16-6-3-7(17)11-10(4-6)23-15(14(22)13(11)21)5-1-8(18)12(20)9(19)2-5/h1-4,13-22H/t13-,14-,15+/m0/s1. The molecule has 1 heterocycles. The molecule has 7 N–H and O–H groups in total. The van der Waals surface area contributed by atoms with Crippen LogP contribution in [-0.2, 0) is 0 Å². The van der Waals surface area contributed by atoms with Gasteiger partial charge in [0.25, 0.3) is 0 Å². The first kappa shape index (κ1) is 15.1. The van der Waals surface area contributed by atoms with Gasteiger partial charge in [-0.3, -0.25) is 0 Å². The highest BCUT2D eigenvalue weighted by atomic mass is 16.5. The highest BCUT2D eigenvalue weighted by Crippen LogP contribution is 2.48. The van der Waals surface area contributed by atoms with E-state index in [0.29, 0.717) is 0 Å². The van der Waals surface area contributed by atoms with E-state index in [4.69, 9.17) is 4.74 Å². The Kier molecular flexibility index (Phi) is 3.35. The minimum atomic E-state index is -1.53. The van der Waals surface area contributed by atoms with E-state index >= 15 is 0 Å². The van der Waals surface area contributed by atoms with Gasteiger partial charge in [-0.1, -0.05) is 0 Å². The van der Waals surface area contributed by atoms with Crippen molar-refractivity contribution in [3.8, 4) is 34.5 Å². The number of hydrogen-bond acceptors (Lipinski definition) is 8. The van der Waals surface area contributed by atoms with Gasteiger partial charge in [0.05, 0.1) is 5.56 Å². The number of benzene rings is 2. The molecular weight excluding hydrogens is 308 g/mol. The topological polar surface area (TPSA) is 151 Å². The number of phenols is 5. The number of ether oxygens (including phenoxy) is 1. The number of hydrogen-bond donors (Lipinski definition) is 7. The first-order valence-electron chi connectivity index (χ1n) is 6.63. The summed E-state index contributed by atoms with van der Waals surface area (Å²) in [6.45, 7) is 0. The molecular formula is C15H14O8. The van der Waals surface area contributed by atoms with Gasteiger partial charge in [-0.15, -0.1) is 0 Å². The zero-order valence-corrected chi connectivity index (χ0v) is 11.6. The molecule has 3 rings (SSSR count). The van der Waals surface area contributed by atoms with E-state index in [1.165, 1.54) is 0 Å². The second-order valence-electron chi connectivity index (χ2n) is 5.26. The second kappa shape index (κ2) is 5.11. The summed E-state index contributed by atoms with van der Waals surface area (Å²) in [4.78, 5) is 0. The van der Waals surface area contributed by atoms with Crippen LogP contribution in [0.5, 0.6) is 34.5 Å². The molecule has 0 fully saturated rings. The molecule has 0 spiro atoms.